The van der Waals surface area contributed by atoms with Crippen LogP contribution in [-0.2, 0) is 29.1 Å². The van der Waals surface area contributed by atoms with Crippen LogP contribution in [0.3, 0.4) is 0 Å². The van der Waals surface area contributed by atoms with Crippen LogP contribution >= 0.6 is 0 Å². The number of likely N-dealkylation sites (tertiary alicyclic amines) is 1. The SMILES string of the molecule is COc1ccc2c(OC3C[C@@H](C(=O)NC4(C(=O)NS(=O)(=O)C5CC5)CC45CCC5)N(C(=O)[C@@H](NC(=O)OC(C)(C)C)C(C)(C)C)C3)cc(-c3ccccc3)nc2c1. The Morgan fingerprint density at radius 1 is 0.965 bits per heavy atom. The van der Waals surface area contributed by atoms with Gasteiger partial charge >= 0.3 is 6.09 Å². The van der Waals surface area contributed by atoms with Crippen molar-refractivity contribution in [1.82, 2.24) is 25.2 Å². The molecular formula is C42H53N5O9S. The van der Waals surface area contributed by atoms with Crippen molar-refractivity contribution in [1.29, 1.82) is 0 Å². The molecule has 14 nitrogen and oxygen atoms in total. The normalized spacial score (nSPS) is 23.2. The maximum Gasteiger partial charge on any atom is 0.408 e. The van der Waals surface area contributed by atoms with Gasteiger partial charge in [0.25, 0.3) is 5.91 Å². The molecule has 3 aromatic rings. The molecule has 57 heavy (non-hydrogen) atoms. The van der Waals surface area contributed by atoms with Gasteiger partial charge in [0.2, 0.25) is 21.8 Å². The number of nitrogens with zero attached hydrogens (tertiary/aromatic N) is 2. The molecule has 2 unspecified atom stereocenters. The lowest BCUT2D eigenvalue weighted by molar-refractivity contribution is -0.143. The first kappa shape index (κ1) is 40.3. The molecule has 4 atom stereocenters. The first-order valence-electron chi connectivity index (χ1n) is 19.6. The van der Waals surface area contributed by atoms with Gasteiger partial charge in [-0.2, -0.15) is 0 Å². The Hall–Kier alpha value is -4.92. The van der Waals surface area contributed by atoms with Gasteiger partial charge in [-0.05, 0) is 70.4 Å². The van der Waals surface area contributed by atoms with Gasteiger partial charge in [0.15, 0.2) is 0 Å². The molecule has 1 aliphatic heterocycles. The lowest BCUT2D eigenvalue weighted by Crippen LogP contribution is -2.61. The fraction of sp³-hybridized carbons (Fsp3) is 0.548. The van der Waals surface area contributed by atoms with E-state index in [1.54, 1.807) is 54.7 Å². The molecule has 1 aromatic heterocycles. The second-order valence-electron chi connectivity index (χ2n) is 18.1. The van der Waals surface area contributed by atoms with E-state index in [4.69, 9.17) is 19.2 Å². The average Bonchev–Trinajstić information content (AvgIpc) is 4.04. The third-order valence-corrected chi connectivity index (χ3v) is 13.4. The van der Waals surface area contributed by atoms with Crippen LogP contribution in [0.2, 0.25) is 0 Å². The van der Waals surface area contributed by atoms with Crippen LogP contribution in [-0.4, -0.2) is 90.3 Å². The minimum absolute atomic E-state index is 0.0272. The van der Waals surface area contributed by atoms with Gasteiger partial charge < -0.3 is 29.7 Å². The van der Waals surface area contributed by atoms with E-state index in [2.05, 4.69) is 15.4 Å². The Morgan fingerprint density at radius 3 is 2.25 bits per heavy atom. The van der Waals surface area contributed by atoms with Crippen molar-refractivity contribution in [2.45, 2.75) is 121 Å². The van der Waals surface area contributed by atoms with E-state index in [1.165, 1.54) is 4.90 Å². The number of methoxy groups -OCH3 is 1. The molecule has 0 radical (unpaired) electrons. The zero-order valence-electron chi connectivity index (χ0n) is 33.6. The molecule has 0 bridgehead atoms. The third kappa shape index (κ3) is 8.12. The molecule has 4 aliphatic rings. The number of sulfonamides is 1. The zero-order chi connectivity index (χ0) is 41.1. The molecular weight excluding hydrogens is 751 g/mol. The summed E-state index contributed by atoms with van der Waals surface area (Å²) in [6, 6.07) is 14.7. The monoisotopic (exact) mass is 803 g/mol. The number of carbonyl (C=O) groups is 4. The van der Waals surface area contributed by atoms with E-state index in [9.17, 15) is 27.6 Å². The molecule has 2 heterocycles. The molecule has 3 N–H and O–H groups in total. The lowest BCUT2D eigenvalue weighted by Gasteiger charge is -2.37. The first-order valence-corrected chi connectivity index (χ1v) is 21.2. The number of alkyl carbamates (subject to hydrolysis) is 1. The van der Waals surface area contributed by atoms with E-state index in [0.29, 0.717) is 60.2 Å². The van der Waals surface area contributed by atoms with Crippen LogP contribution in [0.4, 0.5) is 4.79 Å². The predicted octanol–water partition coefficient (Wildman–Crippen LogP) is 5.24. The minimum Gasteiger partial charge on any atom is -0.497 e. The number of hydrogen-bond donors (Lipinski definition) is 3. The fourth-order valence-corrected chi connectivity index (χ4v) is 9.50. The van der Waals surface area contributed by atoms with Gasteiger partial charge in [-0.25, -0.2) is 18.2 Å². The van der Waals surface area contributed by atoms with Gasteiger partial charge in [-0.15, -0.1) is 0 Å². The molecule has 1 spiro atoms. The smallest absolute Gasteiger partial charge is 0.408 e. The highest BCUT2D eigenvalue weighted by atomic mass is 32.2. The summed E-state index contributed by atoms with van der Waals surface area (Å²) in [5.74, 6) is -0.777. The Morgan fingerprint density at radius 2 is 1.67 bits per heavy atom. The van der Waals surface area contributed by atoms with Crippen LogP contribution in [0.15, 0.2) is 54.6 Å². The quantitative estimate of drug-likeness (QED) is 0.232. The number of carbonyl (C=O) groups excluding carboxylic acids is 4. The van der Waals surface area contributed by atoms with Crippen molar-refractivity contribution in [2.24, 2.45) is 10.8 Å². The summed E-state index contributed by atoms with van der Waals surface area (Å²) in [7, 11) is -2.31. The molecule has 3 aliphatic carbocycles. The summed E-state index contributed by atoms with van der Waals surface area (Å²) >= 11 is 0. The second kappa shape index (κ2) is 14.5. The highest BCUT2D eigenvalue weighted by molar-refractivity contribution is 7.91. The topological polar surface area (TPSA) is 182 Å². The fourth-order valence-electron chi connectivity index (χ4n) is 8.15. The van der Waals surface area contributed by atoms with Crippen molar-refractivity contribution in [3.05, 3.63) is 54.6 Å². The van der Waals surface area contributed by atoms with Gasteiger partial charge in [0.05, 0.1) is 30.1 Å². The number of fused-ring (bicyclic) bond motifs is 1. The van der Waals surface area contributed by atoms with Crippen LogP contribution in [0.25, 0.3) is 22.2 Å². The van der Waals surface area contributed by atoms with Crippen molar-refractivity contribution < 1.29 is 41.8 Å². The largest absolute Gasteiger partial charge is 0.497 e. The minimum atomic E-state index is -3.89. The molecule has 4 amide bonds. The maximum atomic E-state index is 14.7. The number of hydrogen-bond acceptors (Lipinski definition) is 10. The van der Waals surface area contributed by atoms with E-state index >= 15 is 0 Å². The summed E-state index contributed by atoms with van der Waals surface area (Å²) in [5, 5.41) is 5.80. The number of ether oxygens (including phenoxy) is 3. The average molecular weight is 804 g/mol. The van der Waals surface area contributed by atoms with Gasteiger partial charge in [0, 0.05) is 34.9 Å². The van der Waals surface area contributed by atoms with E-state index in [0.717, 1.165) is 12.0 Å². The molecule has 306 valence electrons. The number of pyridine rings is 1. The van der Waals surface area contributed by atoms with E-state index in [-0.39, 0.29) is 13.0 Å². The third-order valence-electron chi connectivity index (χ3n) is 11.6. The summed E-state index contributed by atoms with van der Waals surface area (Å²) in [5.41, 5.74) is -1.50. The molecule has 1 saturated heterocycles. The number of benzene rings is 2. The van der Waals surface area contributed by atoms with Crippen LogP contribution < -0.4 is 24.8 Å². The van der Waals surface area contributed by atoms with Crippen molar-refractivity contribution in [2.75, 3.05) is 13.7 Å². The van der Waals surface area contributed by atoms with Crippen LogP contribution in [0, 0.1) is 10.8 Å². The van der Waals surface area contributed by atoms with E-state index in [1.807, 2.05) is 48.5 Å². The summed E-state index contributed by atoms with van der Waals surface area (Å²) < 4.78 is 45.8. The maximum absolute atomic E-state index is 14.7. The Balaban J connectivity index is 1.22. The standard InChI is InChI=1S/C42H53N5O9S/c1-39(2,3)34(44-38(51)56-40(4,5)6)36(49)47-23-27(55-33-22-30(25-12-9-8-10-13-25)43-31-20-26(54-7)14-17-29(31)33)21-32(47)35(48)45-42(24-41(42)18-11-19-41)37(50)46-57(52,53)28-15-16-28/h8-10,12-14,17,20,22,27-28,32,34H,11,15-16,18-19,21,23-24H2,1-7H3,(H,44,51)(H,45,48)(H,46,50)/t27?,32-,34+,42?/m0/s1. The molecule has 7 rings (SSSR count). The van der Waals surface area contributed by atoms with Crippen LogP contribution in [0.1, 0.15) is 86.5 Å². The van der Waals surface area contributed by atoms with Gasteiger partial charge in [-0.1, -0.05) is 57.5 Å². The van der Waals surface area contributed by atoms with Gasteiger partial charge in [-0.3, -0.25) is 19.1 Å². The summed E-state index contributed by atoms with van der Waals surface area (Å²) in [6.07, 6.45) is 2.00. The molecule has 4 fully saturated rings. The van der Waals surface area contributed by atoms with Crippen molar-refractivity contribution >= 4 is 44.7 Å². The van der Waals surface area contributed by atoms with E-state index < -0.39 is 79.2 Å². The summed E-state index contributed by atoms with van der Waals surface area (Å²) in [4.78, 5) is 62.6. The predicted molar refractivity (Wildman–Crippen MR) is 213 cm³/mol. The Bertz CT molecular complexity index is 2190. The second-order valence-corrected chi connectivity index (χ2v) is 20.0. The number of aromatic nitrogens is 1. The van der Waals surface area contributed by atoms with Crippen molar-refractivity contribution in [3.63, 3.8) is 0 Å². The highest BCUT2D eigenvalue weighted by Crippen LogP contribution is 2.68. The Kier molecular flexibility index (Phi) is 10.2. The zero-order valence-corrected chi connectivity index (χ0v) is 34.5. The number of nitrogens with one attached hydrogen (secondary N) is 3. The number of amides is 4. The molecule has 3 saturated carbocycles. The summed E-state index contributed by atoms with van der Waals surface area (Å²) in [6.45, 7) is 10.6. The number of rotatable bonds is 11. The van der Waals surface area contributed by atoms with Crippen molar-refractivity contribution in [3.8, 4) is 22.8 Å². The first-order chi connectivity index (χ1) is 26.7. The Labute approximate surface area is 333 Å². The van der Waals surface area contributed by atoms with Gasteiger partial charge in [0.1, 0.15) is 40.8 Å². The molecule has 2 aromatic carbocycles. The highest BCUT2D eigenvalue weighted by Gasteiger charge is 2.75. The van der Waals surface area contributed by atoms with Crippen LogP contribution in [0.5, 0.6) is 11.5 Å². The lowest BCUT2D eigenvalue weighted by atomic mass is 9.77. The molecule has 15 heteroatoms.